The SMILES string of the molecule is c1ccc(-c2cc(-c3ccccc3-c3ccccc3-c3ccc4c(c3)C3(c5ccccc5S4)c4ccccc4-c4ccccc43)nc(-c3ccccc3)n2)cc1. The highest BCUT2D eigenvalue weighted by Crippen LogP contribution is 2.62. The Labute approximate surface area is 331 Å². The van der Waals surface area contributed by atoms with Gasteiger partial charge in [0.1, 0.15) is 0 Å². The average molecular weight is 731 g/mol. The van der Waals surface area contributed by atoms with Gasteiger partial charge in [0.2, 0.25) is 0 Å². The number of fused-ring (bicyclic) bond motifs is 9. The Morgan fingerprint density at radius 2 is 0.786 bits per heavy atom. The summed E-state index contributed by atoms with van der Waals surface area (Å²) in [6.45, 7) is 0. The van der Waals surface area contributed by atoms with Crippen LogP contribution in [0.1, 0.15) is 22.3 Å². The Morgan fingerprint density at radius 3 is 1.46 bits per heavy atom. The molecular weight excluding hydrogens is 697 g/mol. The van der Waals surface area contributed by atoms with E-state index in [0.717, 1.165) is 39.2 Å². The van der Waals surface area contributed by atoms with Crippen molar-refractivity contribution >= 4 is 11.8 Å². The molecule has 1 spiro atoms. The zero-order valence-corrected chi connectivity index (χ0v) is 31.2. The molecule has 0 saturated heterocycles. The Balaban J connectivity index is 1.11. The molecule has 2 nitrogen and oxygen atoms in total. The molecule has 0 amide bonds. The minimum Gasteiger partial charge on any atom is -0.228 e. The maximum atomic E-state index is 5.24. The standard InChI is InChI=1S/C53H34N2S/c1-3-17-35(18-4-1)48-34-49(55-52(54-48)36-19-5-2-6-20-36)43-26-10-9-23-40(43)39-22-8-7-21-38(39)37-31-32-51-47(33-37)53(46-29-15-16-30-50(46)56-51)44-27-13-11-24-41(44)42-25-12-14-28-45(42)53/h1-34H. The van der Waals surface area contributed by atoms with Gasteiger partial charge in [-0.05, 0) is 79.9 Å². The molecule has 0 fully saturated rings. The van der Waals surface area contributed by atoms with Crippen LogP contribution in [0.2, 0.25) is 0 Å². The zero-order valence-electron chi connectivity index (χ0n) is 30.4. The van der Waals surface area contributed by atoms with Gasteiger partial charge in [0, 0.05) is 26.5 Å². The molecule has 11 rings (SSSR count). The molecule has 1 aromatic heterocycles. The summed E-state index contributed by atoms with van der Waals surface area (Å²) in [7, 11) is 0. The Morgan fingerprint density at radius 1 is 0.304 bits per heavy atom. The van der Waals surface area contributed by atoms with Crippen molar-refractivity contribution in [3.63, 3.8) is 0 Å². The first-order chi connectivity index (χ1) is 27.8. The van der Waals surface area contributed by atoms with E-state index in [4.69, 9.17) is 9.97 Å². The summed E-state index contributed by atoms with van der Waals surface area (Å²) in [6, 6.07) is 74.5. The highest BCUT2D eigenvalue weighted by molar-refractivity contribution is 7.99. The van der Waals surface area contributed by atoms with Crippen molar-refractivity contribution in [3.8, 4) is 67.3 Å². The van der Waals surface area contributed by atoms with Crippen molar-refractivity contribution in [2.45, 2.75) is 15.2 Å². The number of rotatable bonds is 5. The lowest BCUT2D eigenvalue weighted by Crippen LogP contribution is -2.32. The monoisotopic (exact) mass is 730 g/mol. The molecule has 0 atom stereocenters. The van der Waals surface area contributed by atoms with Crippen LogP contribution in [0.5, 0.6) is 0 Å². The van der Waals surface area contributed by atoms with Gasteiger partial charge in [0.15, 0.2) is 5.82 Å². The van der Waals surface area contributed by atoms with E-state index in [1.807, 2.05) is 36.0 Å². The predicted molar refractivity (Wildman–Crippen MR) is 231 cm³/mol. The van der Waals surface area contributed by atoms with E-state index in [1.165, 1.54) is 54.3 Å². The van der Waals surface area contributed by atoms with Crippen molar-refractivity contribution in [2.24, 2.45) is 0 Å². The minimum atomic E-state index is -0.435. The largest absolute Gasteiger partial charge is 0.228 e. The van der Waals surface area contributed by atoms with Crippen molar-refractivity contribution in [2.75, 3.05) is 0 Å². The smallest absolute Gasteiger partial charge is 0.160 e. The quantitative estimate of drug-likeness (QED) is 0.176. The minimum absolute atomic E-state index is 0.435. The third-order valence-electron chi connectivity index (χ3n) is 11.4. The molecule has 1 aliphatic carbocycles. The summed E-state index contributed by atoms with van der Waals surface area (Å²) in [5.74, 6) is 0.708. The first-order valence-electron chi connectivity index (χ1n) is 19.1. The van der Waals surface area contributed by atoms with Crippen molar-refractivity contribution in [3.05, 3.63) is 229 Å². The molecule has 2 heterocycles. The van der Waals surface area contributed by atoms with Gasteiger partial charge in [-0.25, -0.2) is 9.97 Å². The van der Waals surface area contributed by atoms with Crippen molar-refractivity contribution < 1.29 is 0 Å². The lowest BCUT2D eigenvalue weighted by Gasteiger charge is -2.40. The summed E-state index contributed by atoms with van der Waals surface area (Å²) in [5, 5.41) is 0. The number of hydrogen-bond acceptors (Lipinski definition) is 3. The Kier molecular flexibility index (Phi) is 7.68. The van der Waals surface area contributed by atoms with Gasteiger partial charge in [-0.1, -0.05) is 194 Å². The third kappa shape index (κ3) is 5.05. The molecule has 0 bridgehead atoms. The summed E-state index contributed by atoms with van der Waals surface area (Å²) < 4.78 is 0. The molecule has 1 aliphatic heterocycles. The summed E-state index contributed by atoms with van der Waals surface area (Å²) >= 11 is 1.88. The third-order valence-corrected chi connectivity index (χ3v) is 12.6. The molecule has 8 aromatic carbocycles. The molecule has 0 N–H and O–H groups in total. The van der Waals surface area contributed by atoms with Crippen LogP contribution in [0.25, 0.3) is 67.3 Å². The highest BCUT2D eigenvalue weighted by atomic mass is 32.2. The summed E-state index contributed by atoms with van der Waals surface area (Å²) in [4.78, 5) is 12.9. The fourth-order valence-electron chi connectivity index (χ4n) is 8.99. The first kappa shape index (κ1) is 32.6. The van der Waals surface area contributed by atoms with Gasteiger partial charge < -0.3 is 0 Å². The van der Waals surface area contributed by atoms with Crippen LogP contribution in [0, 0.1) is 0 Å². The summed E-state index contributed by atoms with van der Waals surface area (Å²) in [6.07, 6.45) is 0. The van der Waals surface area contributed by atoms with E-state index in [0.29, 0.717) is 5.82 Å². The second-order valence-electron chi connectivity index (χ2n) is 14.4. The van der Waals surface area contributed by atoms with Crippen molar-refractivity contribution in [1.29, 1.82) is 0 Å². The van der Waals surface area contributed by atoms with Crippen LogP contribution in [-0.4, -0.2) is 9.97 Å². The van der Waals surface area contributed by atoms with E-state index in [2.05, 4.69) is 182 Å². The molecule has 56 heavy (non-hydrogen) atoms. The lowest BCUT2D eigenvalue weighted by atomic mass is 9.67. The molecule has 9 aromatic rings. The summed E-state index contributed by atoms with van der Waals surface area (Å²) in [5.41, 5.74) is 17.1. The molecular formula is C53H34N2S. The fourth-order valence-corrected chi connectivity index (χ4v) is 10.2. The molecule has 262 valence electrons. The van der Waals surface area contributed by atoms with E-state index in [9.17, 15) is 0 Å². The molecule has 0 unspecified atom stereocenters. The van der Waals surface area contributed by atoms with Crippen LogP contribution in [0.3, 0.4) is 0 Å². The number of aromatic nitrogens is 2. The molecule has 3 heteroatoms. The van der Waals surface area contributed by atoms with E-state index in [-0.39, 0.29) is 0 Å². The maximum Gasteiger partial charge on any atom is 0.160 e. The molecule has 0 radical (unpaired) electrons. The first-order valence-corrected chi connectivity index (χ1v) is 19.9. The Bertz CT molecular complexity index is 2850. The van der Waals surface area contributed by atoms with E-state index in [1.54, 1.807) is 0 Å². The average Bonchev–Trinajstić information content (AvgIpc) is 3.57. The predicted octanol–water partition coefficient (Wildman–Crippen LogP) is 13.6. The number of hydrogen-bond donors (Lipinski definition) is 0. The Hall–Kier alpha value is -6.81. The molecule has 2 aliphatic rings. The van der Waals surface area contributed by atoms with Crippen LogP contribution >= 0.6 is 11.8 Å². The van der Waals surface area contributed by atoms with Crippen LogP contribution in [0.4, 0.5) is 0 Å². The van der Waals surface area contributed by atoms with Gasteiger partial charge in [-0.3, -0.25) is 0 Å². The van der Waals surface area contributed by atoms with Gasteiger partial charge in [0.25, 0.3) is 0 Å². The van der Waals surface area contributed by atoms with Crippen LogP contribution in [-0.2, 0) is 5.41 Å². The second kappa shape index (κ2) is 13.2. The number of nitrogens with zero attached hydrogens (tertiary/aromatic N) is 2. The van der Waals surface area contributed by atoms with Gasteiger partial charge in [-0.2, -0.15) is 0 Å². The lowest BCUT2D eigenvalue weighted by molar-refractivity contribution is 0.723. The van der Waals surface area contributed by atoms with Gasteiger partial charge in [-0.15, -0.1) is 0 Å². The van der Waals surface area contributed by atoms with Gasteiger partial charge in [0.05, 0.1) is 16.8 Å². The maximum absolute atomic E-state index is 5.24. The number of benzene rings is 8. The van der Waals surface area contributed by atoms with Crippen LogP contribution < -0.4 is 0 Å². The van der Waals surface area contributed by atoms with Crippen molar-refractivity contribution in [1.82, 2.24) is 9.97 Å². The van der Waals surface area contributed by atoms with E-state index < -0.39 is 5.41 Å². The topological polar surface area (TPSA) is 25.8 Å². The molecule has 0 saturated carbocycles. The fraction of sp³-hybridized carbons (Fsp3) is 0.0189. The van der Waals surface area contributed by atoms with E-state index >= 15 is 0 Å². The zero-order chi connectivity index (χ0) is 37.1. The normalized spacial score (nSPS) is 13.1. The van der Waals surface area contributed by atoms with Crippen LogP contribution in [0.15, 0.2) is 216 Å². The highest BCUT2D eigenvalue weighted by Gasteiger charge is 2.50. The second-order valence-corrected chi connectivity index (χ2v) is 15.5. The van der Waals surface area contributed by atoms with Gasteiger partial charge >= 0.3 is 0 Å².